The van der Waals surface area contributed by atoms with E-state index in [1.807, 2.05) is 0 Å². The highest BCUT2D eigenvalue weighted by Crippen LogP contribution is 2.17. The standard InChI is InChI=1S/C9H10BrN3O/c1-4-9(2,3)14-8-12-6(10)5-7(11)13-8/h1,5H,2-3H3,(H2,11,12,13). The Balaban J connectivity index is 2.94. The van der Waals surface area contributed by atoms with Gasteiger partial charge in [0.15, 0.2) is 5.60 Å². The van der Waals surface area contributed by atoms with E-state index < -0.39 is 5.60 Å². The summed E-state index contributed by atoms with van der Waals surface area (Å²) in [5, 5.41) is 0. The summed E-state index contributed by atoms with van der Waals surface area (Å²) in [5.74, 6) is 2.80. The van der Waals surface area contributed by atoms with Crippen LogP contribution in [-0.4, -0.2) is 15.6 Å². The Morgan fingerprint density at radius 2 is 2.21 bits per heavy atom. The van der Waals surface area contributed by atoms with Crippen molar-refractivity contribution in [3.63, 3.8) is 0 Å². The zero-order valence-corrected chi connectivity index (χ0v) is 9.50. The molecule has 1 aromatic rings. The number of anilines is 1. The third-order valence-electron chi connectivity index (χ3n) is 1.39. The van der Waals surface area contributed by atoms with E-state index in [4.69, 9.17) is 16.9 Å². The second-order valence-corrected chi connectivity index (χ2v) is 3.97. The van der Waals surface area contributed by atoms with Crippen molar-refractivity contribution < 1.29 is 4.74 Å². The summed E-state index contributed by atoms with van der Waals surface area (Å²) in [7, 11) is 0. The molecule has 0 radical (unpaired) electrons. The molecule has 0 bridgehead atoms. The first-order valence-electron chi connectivity index (χ1n) is 3.90. The Kier molecular flexibility index (Phi) is 2.96. The van der Waals surface area contributed by atoms with E-state index >= 15 is 0 Å². The van der Waals surface area contributed by atoms with Gasteiger partial charge < -0.3 is 10.5 Å². The first-order chi connectivity index (χ1) is 6.43. The number of hydrogen-bond acceptors (Lipinski definition) is 4. The number of halogens is 1. The van der Waals surface area contributed by atoms with Gasteiger partial charge >= 0.3 is 6.01 Å². The van der Waals surface area contributed by atoms with Crippen LogP contribution in [0.5, 0.6) is 6.01 Å². The molecule has 1 aromatic heterocycles. The average molecular weight is 256 g/mol. The van der Waals surface area contributed by atoms with Gasteiger partial charge in [-0.2, -0.15) is 9.97 Å². The van der Waals surface area contributed by atoms with Crippen LogP contribution < -0.4 is 10.5 Å². The highest BCUT2D eigenvalue weighted by molar-refractivity contribution is 9.10. The van der Waals surface area contributed by atoms with Gasteiger partial charge in [0.05, 0.1) is 0 Å². The molecule has 0 saturated heterocycles. The van der Waals surface area contributed by atoms with E-state index in [0.29, 0.717) is 10.4 Å². The van der Waals surface area contributed by atoms with Crippen LogP contribution in [0.25, 0.3) is 0 Å². The summed E-state index contributed by atoms with van der Waals surface area (Å²) < 4.78 is 5.91. The monoisotopic (exact) mass is 255 g/mol. The van der Waals surface area contributed by atoms with Crippen molar-refractivity contribution >= 4 is 21.7 Å². The molecule has 0 aliphatic carbocycles. The van der Waals surface area contributed by atoms with Gasteiger partial charge in [-0.1, -0.05) is 5.92 Å². The predicted octanol–water partition coefficient (Wildman–Crippen LogP) is 1.61. The molecule has 0 saturated carbocycles. The SMILES string of the molecule is C#CC(C)(C)Oc1nc(N)cc(Br)n1. The Morgan fingerprint density at radius 1 is 1.57 bits per heavy atom. The first kappa shape index (κ1) is 10.8. The molecule has 0 fully saturated rings. The maximum atomic E-state index is 5.51. The molecular formula is C9H10BrN3O. The van der Waals surface area contributed by atoms with Crippen LogP contribution in [0.2, 0.25) is 0 Å². The van der Waals surface area contributed by atoms with E-state index in [1.165, 1.54) is 0 Å². The van der Waals surface area contributed by atoms with Crippen LogP contribution in [0.15, 0.2) is 10.7 Å². The van der Waals surface area contributed by atoms with E-state index in [9.17, 15) is 0 Å². The van der Waals surface area contributed by atoms with Gasteiger partial charge in [0.25, 0.3) is 0 Å². The lowest BCUT2D eigenvalue weighted by Crippen LogP contribution is -2.26. The Hall–Kier alpha value is -1.28. The summed E-state index contributed by atoms with van der Waals surface area (Å²) >= 11 is 3.18. The fourth-order valence-electron chi connectivity index (χ4n) is 0.717. The number of nitrogen functional groups attached to an aromatic ring is 1. The molecular weight excluding hydrogens is 246 g/mol. The third-order valence-corrected chi connectivity index (χ3v) is 1.79. The van der Waals surface area contributed by atoms with Gasteiger partial charge in [-0.3, -0.25) is 0 Å². The number of aromatic nitrogens is 2. The molecule has 5 heteroatoms. The van der Waals surface area contributed by atoms with Gasteiger partial charge in [0.2, 0.25) is 0 Å². The van der Waals surface area contributed by atoms with Gasteiger partial charge in [0, 0.05) is 6.07 Å². The van der Waals surface area contributed by atoms with Crippen LogP contribution >= 0.6 is 15.9 Å². The largest absolute Gasteiger partial charge is 0.444 e. The lowest BCUT2D eigenvalue weighted by atomic mass is 10.2. The predicted molar refractivity (Wildman–Crippen MR) is 57.7 cm³/mol. The quantitative estimate of drug-likeness (QED) is 0.645. The summed E-state index contributed by atoms with van der Waals surface area (Å²) in [6.45, 7) is 3.49. The Labute approximate surface area is 91.0 Å². The average Bonchev–Trinajstić information content (AvgIpc) is 2.01. The van der Waals surface area contributed by atoms with Gasteiger partial charge in [-0.25, -0.2) is 0 Å². The van der Waals surface area contributed by atoms with E-state index in [-0.39, 0.29) is 6.01 Å². The van der Waals surface area contributed by atoms with Gasteiger partial charge in [0.1, 0.15) is 10.4 Å². The number of nitrogens with zero attached hydrogens (tertiary/aromatic N) is 2. The van der Waals surface area contributed by atoms with Crippen molar-refractivity contribution in [2.24, 2.45) is 0 Å². The zero-order valence-electron chi connectivity index (χ0n) is 7.91. The molecule has 0 unspecified atom stereocenters. The molecule has 0 atom stereocenters. The summed E-state index contributed by atoms with van der Waals surface area (Å²) in [6, 6.07) is 1.75. The number of rotatable bonds is 2. The topological polar surface area (TPSA) is 61.0 Å². The van der Waals surface area contributed by atoms with Gasteiger partial charge in [-0.15, -0.1) is 6.42 Å². The van der Waals surface area contributed by atoms with Crippen molar-refractivity contribution in [1.82, 2.24) is 9.97 Å². The molecule has 74 valence electrons. The van der Waals surface area contributed by atoms with E-state index in [1.54, 1.807) is 19.9 Å². The molecule has 0 aliphatic rings. The summed E-state index contributed by atoms with van der Waals surface area (Å²) in [4.78, 5) is 7.86. The fraction of sp³-hybridized carbons (Fsp3) is 0.333. The lowest BCUT2D eigenvalue weighted by molar-refractivity contribution is 0.156. The van der Waals surface area contributed by atoms with Crippen molar-refractivity contribution in [3.05, 3.63) is 10.7 Å². The van der Waals surface area contributed by atoms with Crippen LogP contribution in [-0.2, 0) is 0 Å². The summed E-state index contributed by atoms with van der Waals surface area (Å²) in [5.41, 5.74) is 4.76. The third kappa shape index (κ3) is 2.89. The molecule has 2 N–H and O–H groups in total. The van der Waals surface area contributed by atoms with Crippen LogP contribution in [0.1, 0.15) is 13.8 Å². The smallest absolute Gasteiger partial charge is 0.320 e. The number of terminal acetylenes is 1. The van der Waals surface area contributed by atoms with Crippen molar-refractivity contribution in [3.8, 4) is 18.4 Å². The van der Waals surface area contributed by atoms with Crippen LogP contribution in [0.3, 0.4) is 0 Å². The molecule has 0 spiro atoms. The Bertz CT molecular complexity index is 364. The molecule has 1 heterocycles. The van der Waals surface area contributed by atoms with Gasteiger partial charge in [-0.05, 0) is 29.8 Å². The number of ether oxygens (including phenoxy) is 1. The van der Waals surface area contributed by atoms with E-state index in [2.05, 4.69) is 31.8 Å². The van der Waals surface area contributed by atoms with Crippen LogP contribution in [0.4, 0.5) is 5.82 Å². The highest BCUT2D eigenvalue weighted by Gasteiger charge is 2.17. The van der Waals surface area contributed by atoms with Crippen molar-refractivity contribution in [2.75, 3.05) is 5.73 Å². The van der Waals surface area contributed by atoms with Crippen molar-refractivity contribution in [1.29, 1.82) is 0 Å². The second-order valence-electron chi connectivity index (χ2n) is 3.15. The minimum Gasteiger partial charge on any atom is -0.444 e. The number of hydrogen-bond donors (Lipinski definition) is 1. The van der Waals surface area contributed by atoms with Crippen LogP contribution in [0, 0.1) is 12.3 Å². The maximum Gasteiger partial charge on any atom is 0.320 e. The molecule has 0 aromatic carbocycles. The second kappa shape index (κ2) is 3.84. The molecule has 14 heavy (non-hydrogen) atoms. The fourth-order valence-corrected chi connectivity index (χ4v) is 1.10. The minimum atomic E-state index is -0.743. The summed E-state index contributed by atoms with van der Waals surface area (Å²) in [6.07, 6.45) is 5.26. The van der Waals surface area contributed by atoms with E-state index in [0.717, 1.165) is 0 Å². The molecule has 4 nitrogen and oxygen atoms in total. The minimum absolute atomic E-state index is 0.167. The molecule has 1 rings (SSSR count). The lowest BCUT2D eigenvalue weighted by Gasteiger charge is -2.18. The molecule has 0 aliphatic heterocycles. The molecule has 0 amide bonds. The Morgan fingerprint density at radius 3 is 2.71 bits per heavy atom. The number of nitrogens with two attached hydrogens (primary N) is 1. The first-order valence-corrected chi connectivity index (χ1v) is 4.69. The highest BCUT2D eigenvalue weighted by atomic mass is 79.9. The van der Waals surface area contributed by atoms with Crippen molar-refractivity contribution in [2.45, 2.75) is 19.4 Å². The zero-order chi connectivity index (χ0) is 10.8. The maximum absolute atomic E-state index is 5.51. The normalized spacial score (nSPS) is 10.7.